The number of nitriles is 1. The van der Waals surface area contributed by atoms with Gasteiger partial charge in [-0.15, -0.1) is 0 Å². The normalized spacial score (nSPS) is 17.3. The second-order valence-electron chi connectivity index (χ2n) is 4.42. The summed E-state index contributed by atoms with van der Waals surface area (Å²) in [4.78, 5) is 2.42. The Balaban J connectivity index is 2.11. The second-order valence-corrected chi connectivity index (χ2v) is 4.42. The monoisotopic (exact) mass is 214 g/mol. The SMILES string of the molecule is N#Cc1cccc(N2CCCCCCC2)c1. The molecule has 1 saturated heterocycles. The lowest BCUT2D eigenvalue weighted by molar-refractivity contribution is 0.556. The molecule has 0 spiro atoms. The predicted octanol–water partition coefficient (Wildman–Crippen LogP) is 3.33. The van der Waals surface area contributed by atoms with E-state index < -0.39 is 0 Å². The Labute approximate surface area is 97.5 Å². The largest absolute Gasteiger partial charge is 0.372 e. The van der Waals surface area contributed by atoms with Gasteiger partial charge in [-0.1, -0.05) is 25.3 Å². The molecule has 84 valence electrons. The van der Waals surface area contributed by atoms with E-state index in [0.717, 1.165) is 18.7 Å². The Hall–Kier alpha value is -1.49. The lowest BCUT2D eigenvalue weighted by atomic mass is 10.1. The Morgan fingerprint density at radius 1 is 1.00 bits per heavy atom. The van der Waals surface area contributed by atoms with E-state index in [-0.39, 0.29) is 0 Å². The minimum absolute atomic E-state index is 0.763. The first-order valence-electron chi connectivity index (χ1n) is 6.15. The minimum atomic E-state index is 0.763. The summed E-state index contributed by atoms with van der Waals surface area (Å²) in [6.45, 7) is 2.27. The van der Waals surface area contributed by atoms with Crippen LogP contribution >= 0.6 is 0 Å². The summed E-state index contributed by atoms with van der Waals surface area (Å²) < 4.78 is 0. The molecular weight excluding hydrogens is 196 g/mol. The van der Waals surface area contributed by atoms with E-state index in [2.05, 4.69) is 17.0 Å². The Morgan fingerprint density at radius 2 is 1.69 bits per heavy atom. The Bertz CT molecular complexity index is 371. The van der Waals surface area contributed by atoms with Crippen molar-refractivity contribution in [2.45, 2.75) is 32.1 Å². The van der Waals surface area contributed by atoms with Gasteiger partial charge in [0, 0.05) is 18.8 Å². The maximum atomic E-state index is 8.89. The molecule has 2 nitrogen and oxygen atoms in total. The summed E-state index contributed by atoms with van der Waals surface area (Å²) >= 11 is 0. The van der Waals surface area contributed by atoms with Gasteiger partial charge in [-0.3, -0.25) is 0 Å². The third-order valence-corrected chi connectivity index (χ3v) is 3.20. The van der Waals surface area contributed by atoms with E-state index >= 15 is 0 Å². The smallest absolute Gasteiger partial charge is 0.0992 e. The highest BCUT2D eigenvalue weighted by Crippen LogP contribution is 2.20. The summed E-state index contributed by atoms with van der Waals surface area (Å²) in [7, 11) is 0. The molecular formula is C14H18N2. The number of hydrogen-bond acceptors (Lipinski definition) is 2. The maximum Gasteiger partial charge on any atom is 0.0992 e. The van der Waals surface area contributed by atoms with E-state index in [1.165, 1.54) is 37.8 Å². The average molecular weight is 214 g/mol. The van der Waals surface area contributed by atoms with Crippen molar-refractivity contribution in [3.8, 4) is 6.07 Å². The second kappa shape index (κ2) is 5.55. The van der Waals surface area contributed by atoms with Crippen LogP contribution in [0, 0.1) is 11.3 Å². The van der Waals surface area contributed by atoms with Gasteiger partial charge in [-0.05, 0) is 31.0 Å². The molecule has 0 unspecified atom stereocenters. The lowest BCUT2D eigenvalue weighted by Gasteiger charge is -2.26. The van der Waals surface area contributed by atoms with Crippen molar-refractivity contribution in [1.29, 1.82) is 5.26 Å². The molecule has 1 heterocycles. The molecule has 2 rings (SSSR count). The van der Waals surface area contributed by atoms with Gasteiger partial charge < -0.3 is 4.90 Å². The summed E-state index contributed by atoms with van der Waals surface area (Å²) in [6.07, 6.45) is 6.61. The summed E-state index contributed by atoms with van der Waals surface area (Å²) in [5.74, 6) is 0. The van der Waals surface area contributed by atoms with Crippen LogP contribution in [0.4, 0.5) is 5.69 Å². The van der Waals surface area contributed by atoms with Crippen molar-refractivity contribution in [1.82, 2.24) is 0 Å². The molecule has 0 N–H and O–H groups in total. The molecule has 0 saturated carbocycles. The molecule has 0 radical (unpaired) electrons. The molecule has 2 heteroatoms. The standard InChI is InChI=1S/C14H18N2/c15-12-13-7-6-8-14(11-13)16-9-4-2-1-3-5-10-16/h6-8,11H,1-5,9-10H2. The Kier molecular flexibility index (Phi) is 3.82. The van der Waals surface area contributed by atoms with Gasteiger partial charge in [0.1, 0.15) is 0 Å². The number of hydrogen-bond donors (Lipinski definition) is 0. The van der Waals surface area contributed by atoms with Gasteiger partial charge in [0.25, 0.3) is 0 Å². The van der Waals surface area contributed by atoms with E-state index in [1.807, 2.05) is 18.2 Å². The first-order chi connectivity index (χ1) is 7.90. The first-order valence-corrected chi connectivity index (χ1v) is 6.15. The quantitative estimate of drug-likeness (QED) is 0.717. The van der Waals surface area contributed by atoms with Gasteiger partial charge in [-0.2, -0.15) is 5.26 Å². The van der Waals surface area contributed by atoms with Gasteiger partial charge in [0.15, 0.2) is 0 Å². The van der Waals surface area contributed by atoms with Crippen molar-refractivity contribution >= 4 is 5.69 Å². The number of nitrogens with zero attached hydrogens (tertiary/aromatic N) is 2. The summed E-state index contributed by atoms with van der Waals surface area (Å²) in [5, 5.41) is 8.89. The molecule has 0 aliphatic carbocycles. The van der Waals surface area contributed by atoms with Crippen LogP contribution in [-0.4, -0.2) is 13.1 Å². The van der Waals surface area contributed by atoms with Gasteiger partial charge in [-0.25, -0.2) is 0 Å². The topological polar surface area (TPSA) is 27.0 Å². The summed E-state index contributed by atoms with van der Waals surface area (Å²) in [5.41, 5.74) is 1.97. The zero-order valence-corrected chi connectivity index (χ0v) is 9.65. The van der Waals surface area contributed by atoms with Crippen LogP contribution < -0.4 is 4.90 Å². The highest BCUT2D eigenvalue weighted by Gasteiger charge is 2.09. The van der Waals surface area contributed by atoms with E-state index in [9.17, 15) is 0 Å². The van der Waals surface area contributed by atoms with Crippen LogP contribution in [0.5, 0.6) is 0 Å². The van der Waals surface area contributed by atoms with Crippen LogP contribution in [0.15, 0.2) is 24.3 Å². The molecule has 0 aromatic heterocycles. The van der Waals surface area contributed by atoms with E-state index in [4.69, 9.17) is 5.26 Å². The van der Waals surface area contributed by atoms with Crippen molar-refractivity contribution in [3.05, 3.63) is 29.8 Å². The lowest BCUT2D eigenvalue weighted by Crippen LogP contribution is -2.26. The van der Waals surface area contributed by atoms with Gasteiger partial charge in [0.2, 0.25) is 0 Å². The maximum absolute atomic E-state index is 8.89. The van der Waals surface area contributed by atoms with Crippen LogP contribution in [0.3, 0.4) is 0 Å². The van der Waals surface area contributed by atoms with Gasteiger partial charge >= 0.3 is 0 Å². The number of benzene rings is 1. The van der Waals surface area contributed by atoms with Gasteiger partial charge in [0.05, 0.1) is 11.6 Å². The third-order valence-electron chi connectivity index (χ3n) is 3.20. The molecule has 0 bridgehead atoms. The molecule has 1 aliphatic rings. The van der Waals surface area contributed by atoms with Crippen molar-refractivity contribution in [2.75, 3.05) is 18.0 Å². The van der Waals surface area contributed by atoms with Crippen LogP contribution in [0.2, 0.25) is 0 Å². The fourth-order valence-corrected chi connectivity index (χ4v) is 2.28. The highest BCUT2D eigenvalue weighted by atomic mass is 15.1. The predicted molar refractivity (Wildman–Crippen MR) is 66.5 cm³/mol. The highest BCUT2D eigenvalue weighted by molar-refractivity contribution is 5.51. The van der Waals surface area contributed by atoms with Crippen molar-refractivity contribution in [2.24, 2.45) is 0 Å². The molecule has 1 aromatic carbocycles. The number of rotatable bonds is 1. The Morgan fingerprint density at radius 3 is 2.38 bits per heavy atom. The van der Waals surface area contributed by atoms with E-state index in [1.54, 1.807) is 0 Å². The molecule has 0 amide bonds. The third kappa shape index (κ3) is 2.76. The summed E-state index contributed by atoms with van der Waals surface area (Å²) in [6, 6.07) is 10.2. The minimum Gasteiger partial charge on any atom is -0.372 e. The molecule has 1 aromatic rings. The number of anilines is 1. The molecule has 0 atom stereocenters. The zero-order valence-electron chi connectivity index (χ0n) is 9.65. The zero-order chi connectivity index (χ0) is 11.2. The van der Waals surface area contributed by atoms with Crippen molar-refractivity contribution < 1.29 is 0 Å². The fraction of sp³-hybridized carbons (Fsp3) is 0.500. The molecule has 1 aliphatic heterocycles. The molecule has 16 heavy (non-hydrogen) atoms. The van der Waals surface area contributed by atoms with Crippen molar-refractivity contribution in [3.63, 3.8) is 0 Å². The van der Waals surface area contributed by atoms with Crippen LogP contribution in [0.25, 0.3) is 0 Å². The average Bonchev–Trinajstić information content (AvgIpc) is 2.29. The fourth-order valence-electron chi connectivity index (χ4n) is 2.28. The van der Waals surface area contributed by atoms with E-state index in [0.29, 0.717) is 0 Å². The molecule has 1 fully saturated rings. The van der Waals surface area contributed by atoms with Crippen LogP contribution in [0.1, 0.15) is 37.7 Å². The first kappa shape index (κ1) is 11.0. The van der Waals surface area contributed by atoms with Crippen LogP contribution in [-0.2, 0) is 0 Å².